The SMILES string of the molecule is COC1CN(Cc2cn(-c3ccnc(Nc4ccc5c(c4)c(S(C)(=O)=O)nn5C)n3)nc2C)CC1O. The van der Waals surface area contributed by atoms with Crippen molar-refractivity contribution in [2.75, 3.05) is 31.8 Å². The van der Waals surface area contributed by atoms with E-state index in [1.165, 1.54) is 0 Å². The van der Waals surface area contributed by atoms with Gasteiger partial charge in [0.05, 0.1) is 23.4 Å². The summed E-state index contributed by atoms with van der Waals surface area (Å²) in [6, 6.07) is 7.10. The lowest BCUT2D eigenvalue weighted by Gasteiger charge is -2.14. The van der Waals surface area contributed by atoms with Crippen LogP contribution in [0.15, 0.2) is 41.7 Å². The molecule has 2 atom stereocenters. The Morgan fingerprint density at radius 3 is 2.75 bits per heavy atom. The molecule has 2 unspecified atom stereocenters. The predicted molar refractivity (Wildman–Crippen MR) is 133 cm³/mol. The number of aliphatic hydroxyl groups is 1. The normalized spacial score (nSPS) is 18.8. The summed E-state index contributed by atoms with van der Waals surface area (Å²) in [5.74, 6) is 0.925. The van der Waals surface area contributed by atoms with Gasteiger partial charge in [-0.2, -0.15) is 15.2 Å². The summed E-state index contributed by atoms with van der Waals surface area (Å²) in [5.41, 5.74) is 3.24. The van der Waals surface area contributed by atoms with E-state index in [4.69, 9.17) is 4.74 Å². The topological polar surface area (TPSA) is 140 Å². The monoisotopic (exact) mass is 512 g/mol. The zero-order valence-corrected chi connectivity index (χ0v) is 21.3. The maximum Gasteiger partial charge on any atom is 0.229 e. The number of aliphatic hydroxyl groups excluding tert-OH is 1. The largest absolute Gasteiger partial charge is 0.389 e. The predicted octanol–water partition coefficient (Wildman–Crippen LogP) is 1.20. The fraction of sp³-hybridized carbons (Fsp3) is 0.391. The van der Waals surface area contributed by atoms with Crippen LogP contribution in [-0.2, 0) is 28.2 Å². The number of aryl methyl sites for hydroxylation is 2. The first-order valence-electron chi connectivity index (χ1n) is 11.4. The summed E-state index contributed by atoms with van der Waals surface area (Å²) in [4.78, 5) is 11.0. The van der Waals surface area contributed by atoms with Crippen molar-refractivity contribution >= 4 is 32.4 Å². The third kappa shape index (κ3) is 4.69. The van der Waals surface area contributed by atoms with Crippen LogP contribution in [0.1, 0.15) is 11.3 Å². The fourth-order valence-electron chi connectivity index (χ4n) is 4.45. The quantitative estimate of drug-likeness (QED) is 0.371. The van der Waals surface area contributed by atoms with Gasteiger partial charge in [0.2, 0.25) is 5.95 Å². The van der Waals surface area contributed by atoms with E-state index in [1.807, 2.05) is 19.2 Å². The second kappa shape index (κ2) is 9.24. The van der Waals surface area contributed by atoms with Crippen LogP contribution in [0.25, 0.3) is 16.7 Å². The van der Waals surface area contributed by atoms with Crippen molar-refractivity contribution in [2.24, 2.45) is 7.05 Å². The molecule has 3 aromatic heterocycles. The Bertz CT molecular complexity index is 1530. The molecule has 1 aromatic carbocycles. The van der Waals surface area contributed by atoms with E-state index in [2.05, 4.69) is 30.4 Å². The summed E-state index contributed by atoms with van der Waals surface area (Å²) in [6.45, 7) is 3.79. The number of β-amino-alcohol motifs (C(OH)–C–C–N with tert-alkyl or cyclic N) is 1. The van der Waals surface area contributed by atoms with Crippen molar-refractivity contribution in [3.05, 3.63) is 47.9 Å². The van der Waals surface area contributed by atoms with Crippen LogP contribution in [0.3, 0.4) is 0 Å². The highest BCUT2D eigenvalue weighted by molar-refractivity contribution is 7.90. The molecule has 0 aliphatic carbocycles. The Hall–Kier alpha value is -3.39. The summed E-state index contributed by atoms with van der Waals surface area (Å²) in [5, 5.41) is 22.6. The summed E-state index contributed by atoms with van der Waals surface area (Å²) >= 11 is 0. The third-order valence-corrected chi connectivity index (χ3v) is 7.31. The minimum atomic E-state index is -3.49. The molecule has 1 aliphatic rings. The molecular weight excluding hydrogens is 484 g/mol. The van der Waals surface area contributed by atoms with Gasteiger partial charge in [-0.05, 0) is 25.1 Å². The first-order valence-corrected chi connectivity index (χ1v) is 13.3. The Balaban J connectivity index is 1.37. The van der Waals surface area contributed by atoms with Crippen molar-refractivity contribution in [3.8, 4) is 5.82 Å². The Kier molecular flexibility index (Phi) is 6.24. The van der Waals surface area contributed by atoms with E-state index >= 15 is 0 Å². The minimum Gasteiger partial charge on any atom is -0.389 e. The van der Waals surface area contributed by atoms with E-state index in [0.717, 1.165) is 17.5 Å². The van der Waals surface area contributed by atoms with Crippen LogP contribution in [0.4, 0.5) is 11.6 Å². The van der Waals surface area contributed by atoms with Crippen LogP contribution in [0.5, 0.6) is 0 Å². The molecule has 0 spiro atoms. The first kappa shape index (κ1) is 24.3. The molecule has 5 rings (SSSR count). The van der Waals surface area contributed by atoms with Gasteiger partial charge in [0.1, 0.15) is 0 Å². The number of benzene rings is 1. The number of hydrogen-bond donors (Lipinski definition) is 2. The zero-order chi connectivity index (χ0) is 25.6. The van der Waals surface area contributed by atoms with E-state index in [0.29, 0.717) is 48.0 Å². The average molecular weight is 513 g/mol. The number of nitrogens with one attached hydrogen (secondary N) is 1. The average Bonchev–Trinajstić information content (AvgIpc) is 3.48. The zero-order valence-electron chi connectivity index (χ0n) is 20.5. The van der Waals surface area contributed by atoms with Crippen LogP contribution >= 0.6 is 0 Å². The van der Waals surface area contributed by atoms with E-state index in [9.17, 15) is 13.5 Å². The number of ether oxygens (including phenoxy) is 1. The molecule has 2 N–H and O–H groups in total. The number of anilines is 2. The third-order valence-electron chi connectivity index (χ3n) is 6.31. The number of fused-ring (bicyclic) bond motifs is 1. The van der Waals surface area contributed by atoms with Crippen molar-refractivity contribution < 1.29 is 18.3 Å². The maximum absolute atomic E-state index is 12.2. The number of aromatic nitrogens is 6. The molecule has 0 amide bonds. The van der Waals surface area contributed by atoms with Crippen LogP contribution in [0.2, 0.25) is 0 Å². The molecule has 1 saturated heterocycles. The molecule has 13 heteroatoms. The molecular formula is C23H28N8O4S. The fourth-order valence-corrected chi connectivity index (χ4v) is 5.29. The second-order valence-corrected chi connectivity index (χ2v) is 10.9. The van der Waals surface area contributed by atoms with Gasteiger partial charge < -0.3 is 15.2 Å². The van der Waals surface area contributed by atoms with E-state index in [1.54, 1.807) is 47.9 Å². The maximum atomic E-state index is 12.2. The highest BCUT2D eigenvalue weighted by Gasteiger charge is 2.31. The Labute approximate surface area is 208 Å². The number of likely N-dealkylation sites (tertiary alicyclic amines) is 1. The molecule has 4 heterocycles. The van der Waals surface area contributed by atoms with Crippen molar-refractivity contribution in [1.82, 2.24) is 34.4 Å². The summed E-state index contributed by atoms with van der Waals surface area (Å²) in [7, 11) is -0.167. The molecule has 0 radical (unpaired) electrons. The van der Waals surface area contributed by atoms with Crippen molar-refractivity contribution in [2.45, 2.75) is 30.7 Å². The van der Waals surface area contributed by atoms with Gasteiger partial charge in [-0.15, -0.1) is 0 Å². The van der Waals surface area contributed by atoms with E-state index < -0.39 is 15.9 Å². The van der Waals surface area contributed by atoms with Gasteiger partial charge in [-0.25, -0.2) is 18.1 Å². The lowest BCUT2D eigenvalue weighted by atomic mass is 10.2. The van der Waals surface area contributed by atoms with Gasteiger partial charge in [-0.1, -0.05) is 0 Å². The molecule has 0 saturated carbocycles. The van der Waals surface area contributed by atoms with Gasteiger partial charge in [0.25, 0.3) is 0 Å². The number of nitrogens with zero attached hydrogens (tertiary/aromatic N) is 7. The number of methoxy groups -OCH3 is 1. The van der Waals surface area contributed by atoms with E-state index in [-0.39, 0.29) is 11.1 Å². The molecule has 4 aromatic rings. The molecule has 190 valence electrons. The molecule has 0 bridgehead atoms. The summed E-state index contributed by atoms with van der Waals surface area (Å²) < 4.78 is 32.9. The molecule has 36 heavy (non-hydrogen) atoms. The van der Waals surface area contributed by atoms with Gasteiger partial charge in [0, 0.05) is 75.1 Å². The lowest BCUT2D eigenvalue weighted by Crippen LogP contribution is -2.25. The first-order chi connectivity index (χ1) is 17.1. The number of hydrogen-bond acceptors (Lipinski definition) is 10. The van der Waals surface area contributed by atoms with Crippen LogP contribution in [0, 0.1) is 6.92 Å². The highest BCUT2D eigenvalue weighted by atomic mass is 32.2. The lowest BCUT2D eigenvalue weighted by molar-refractivity contribution is 0.0215. The standard InChI is InChI=1S/C23H28N8O4S/c1-14-15(10-30-12-19(32)20(13-30)35-3)11-31(27-14)21-7-8-24-23(26-21)25-16-5-6-18-17(9-16)22(28-29(18)2)36(4,33)34/h5-9,11,19-20,32H,10,12-13H2,1-4H3,(H,24,25,26). The van der Waals surface area contributed by atoms with Gasteiger partial charge in [0.15, 0.2) is 20.7 Å². The molecule has 1 aliphatic heterocycles. The van der Waals surface area contributed by atoms with Gasteiger partial charge in [-0.3, -0.25) is 9.58 Å². The van der Waals surface area contributed by atoms with Crippen molar-refractivity contribution in [1.29, 1.82) is 0 Å². The molecule has 1 fully saturated rings. The van der Waals surface area contributed by atoms with Crippen LogP contribution < -0.4 is 5.32 Å². The number of sulfone groups is 1. The summed E-state index contributed by atoms with van der Waals surface area (Å²) in [6.07, 6.45) is 4.01. The van der Waals surface area contributed by atoms with Gasteiger partial charge >= 0.3 is 0 Å². The smallest absolute Gasteiger partial charge is 0.229 e. The highest BCUT2D eigenvalue weighted by Crippen LogP contribution is 2.26. The Morgan fingerprint density at radius 1 is 1.22 bits per heavy atom. The minimum absolute atomic E-state index is 0.0280. The molecule has 12 nitrogen and oxygen atoms in total. The second-order valence-electron chi connectivity index (χ2n) is 9.02. The van der Waals surface area contributed by atoms with Crippen molar-refractivity contribution in [3.63, 3.8) is 0 Å². The number of rotatable bonds is 7. The van der Waals surface area contributed by atoms with Crippen LogP contribution in [-0.4, -0.2) is 86.6 Å². The Morgan fingerprint density at radius 2 is 2.03 bits per heavy atom.